The van der Waals surface area contributed by atoms with Gasteiger partial charge in [0.2, 0.25) is 0 Å². The van der Waals surface area contributed by atoms with Gasteiger partial charge in [-0.25, -0.2) is 0 Å². The van der Waals surface area contributed by atoms with E-state index in [1.165, 1.54) is 32.2 Å². The third-order valence-corrected chi connectivity index (χ3v) is 3.75. The van der Waals surface area contributed by atoms with Crippen molar-refractivity contribution in [2.45, 2.75) is 38.6 Å². The van der Waals surface area contributed by atoms with Gasteiger partial charge in [-0.05, 0) is 18.3 Å². The van der Waals surface area contributed by atoms with Crippen LogP contribution in [0.25, 0.3) is 0 Å². The van der Waals surface area contributed by atoms with Gasteiger partial charge in [0.1, 0.15) is 0 Å². The van der Waals surface area contributed by atoms with Crippen LogP contribution in [0.5, 0.6) is 0 Å². The zero-order valence-corrected chi connectivity index (χ0v) is 9.85. The van der Waals surface area contributed by atoms with Crippen LogP contribution in [-0.2, 0) is 4.74 Å². The summed E-state index contributed by atoms with van der Waals surface area (Å²) < 4.78 is 5.43. The minimum atomic E-state index is 0.517. The quantitative estimate of drug-likeness (QED) is 0.733. The first-order chi connectivity index (χ1) is 7.29. The second kappa shape index (κ2) is 5.28. The summed E-state index contributed by atoms with van der Waals surface area (Å²) in [5.41, 5.74) is 0.565. The summed E-state index contributed by atoms with van der Waals surface area (Å²) in [6.45, 7) is 7.38. The van der Waals surface area contributed by atoms with Crippen LogP contribution in [0.15, 0.2) is 0 Å². The molecule has 2 fully saturated rings. The smallest absolute Gasteiger partial charge is 0.0632 e. The van der Waals surface area contributed by atoms with Crippen molar-refractivity contribution in [1.82, 2.24) is 10.6 Å². The van der Waals surface area contributed by atoms with E-state index in [2.05, 4.69) is 17.6 Å². The molecule has 0 spiro atoms. The highest BCUT2D eigenvalue weighted by molar-refractivity contribution is 4.83. The van der Waals surface area contributed by atoms with E-state index in [-0.39, 0.29) is 0 Å². The molecule has 1 atom stereocenters. The summed E-state index contributed by atoms with van der Waals surface area (Å²) in [6, 6.07) is 0.517. The van der Waals surface area contributed by atoms with E-state index in [1.807, 2.05) is 0 Å². The molecule has 2 aliphatic rings. The lowest BCUT2D eigenvalue weighted by Gasteiger charge is -2.28. The Bertz CT molecular complexity index is 184. The molecule has 1 saturated heterocycles. The Labute approximate surface area is 93.0 Å². The number of rotatable bonds is 4. The summed E-state index contributed by atoms with van der Waals surface area (Å²) in [7, 11) is 0. The highest BCUT2D eigenvalue weighted by atomic mass is 16.5. The van der Waals surface area contributed by atoms with Crippen molar-refractivity contribution < 1.29 is 4.74 Å². The molecule has 0 bridgehead atoms. The molecular weight excluding hydrogens is 188 g/mol. The van der Waals surface area contributed by atoms with Crippen LogP contribution >= 0.6 is 0 Å². The van der Waals surface area contributed by atoms with Crippen LogP contribution in [0, 0.1) is 5.41 Å². The lowest BCUT2D eigenvalue weighted by atomic mass is 9.89. The Morgan fingerprint density at radius 2 is 2.20 bits per heavy atom. The lowest BCUT2D eigenvalue weighted by Crippen LogP contribution is -2.48. The summed E-state index contributed by atoms with van der Waals surface area (Å²) in [4.78, 5) is 0. The van der Waals surface area contributed by atoms with E-state index in [9.17, 15) is 0 Å². The van der Waals surface area contributed by atoms with Crippen LogP contribution < -0.4 is 10.6 Å². The topological polar surface area (TPSA) is 33.3 Å². The fourth-order valence-corrected chi connectivity index (χ4v) is 2.70. The molecule has 1 saturated carbocycles. The highest BCUT2D eigenvalue weighted by Crippen LogP contribution is 2.36. The van der Waals surface area contributed by atoms with Crippen LogP contribution in [0.1, 0.15) is 32.6 Å². The first kappa shape index (κ1) is 11.4. The first-order valence-corrected chi connectivity index (χ1v) is 6.30. The Kier molecular flexibility index (Phi) is 4.00. The van der Waals surface area contributed by atoms with Gasteiger partial charge in [0, 0.05) is 25.7 Å². The van der Waals surface area contributed by atoms with E-state index in [0.29, 0.717) is 11.5 Å². The van der Waals surface area contributed by atoms with Crippen molar-refractivity contribution >= 4 is 0 Å². The summed E-state index contributed by atoms with van der Waals surface area (Å²) in [6.07, 6.45) is 5.63. The molecule has 0 aromatic carbocycles. The van der Waals surface area contributed by atoms with Gasteiger partial charge in [-0.1, -0.05) is 19.8 Å². The van der Waals surface area contributed by atoms with E-state index in [4.69, 9.17) is 4.74 Å². The fourth-order valence-electron chi connectivity index (χ4n) is 2.70. The Hall–Kier alpha value is -0.120. The number of ether oxygens (including phenoxy) is 1. The molecule has 0 aromatic rings. The van der Waals surface area contributed by atoms with Gasteiger partial charge in [-0.2, -0.15) is 0 Å². The monoisotopic (exact) mass is 212 g/mol. The van der Waals surface area contributed by atoms with Crippen LogP contribution in [0.2, 0.25) is 0 Å². The van der Waals surface area contributed by atoms with Crippen LogP contribution in [-0.4, -0.2) is 38.9 Å². The highest BCUT2D eigenvalue weighted by Gasteiger charge is 2.28. The van der Waals surface area contributed by atoms with Gasteiger partial charge in [0.15, 0.2) is 0 Å². The SMILES string of the molecule is CC1(CNCC2COCCN2)CCCC1. The van der Waals surface area contributed by atoms with E-state index >= 15 is 0 Å². The Balaban J connectivity index is 1.61. The minimum absolute atomic E-state index is 0.517. The third kappa shape index (κ3) is 3.44. The molecule has 3 nitrogen and oxygen atoms in total. The largest absolute Gasteiger partial charge is 0.378 e. The number of hydrogen-bond acceptors (Lipinski definition) is 3. The first-order valence-electron chi connectivity index (χ1n) is 6.30. The predicted molar refractivity (Wildman–Crippen MR) is 62.1 cm³/mol. The molecule has 2 rings (SSSR count). The van der Waals surface area contributed by atoms with Crippen molar-refractivity contribution in [1.29, 1.82) is 0 Å². The van der Waals surface area contributed by atoms with Crippen LogP contribution in [0.3, 0.4) is 0 Å². The van der Waals surface area contributed by atoms with E-state index in [1.54, 1.807) is 0 Å². The van der Waals surface area contributed by atoms with Crippen LogP contribution in [0.4, 0.5) is 0 Å². The normalized spacial score (nSPS) is 30.6. The van der Waals surface area contributed by atoms with Gasteiger partial charge in [-0.3, -0.25) is 0 Å². The molecule has 3 heteroatoms. The Morgan fingerprint density at radius 1 is 1.40 bits per heavy atom. The zero-order valence-electron chi connectivity index (χ0n) is 9.85. The second-order valence-corrected chi connectivity index (χ2v) is 5.37. The average molecular weight is 212 g/mol. The average Bonchev–Trinajstić information content (AvgIpc) is 2.67. The standard InChI is InChI=1S/C12H24N2O/c1-12(4-2-3-5-12)10-13-8-11-9-15-7-6-14-11/h11,13-14H,2-10H2,1H3. The minimum Gasteiger partial charge on any atom is -0.378 e. The summed E-state index contributed by atoms with van der Waals surface area (Å²) in [5.74, 6) is 0. The van der Waals surface area contributed by atoms with Gasteiger partial charge >= 0.3 is 0 Å². The second-order valence-electron chi connectivity index (χ2n) is 5.37. The maximum Gasteiger partial charge on any atom is 0.0632 e. The molecule has 1 aliphatic carbocycles. The summed E-state index contributed by atoms with van der Waals surface area (Å²) in [5, 5.41) is 7.06. The predicted octanol–water partition coefficient (Wildman–Crippen LogP) is 1.14. The van der Waals surface area contributed by atoms with E-state index in [0.717, 1.165) is 26.3 Å². The summed E-state index contributed by atoms with van der Waals surface area (Å²) >= 11 is 0. The van der Waals surface area contributed by atoms with Gasteiger partial charge in [0.25, 0.3) is 0 Å². The molecule has 0 amide bonds. The molecule has 1 heterocycles. The molecule has 1 unspecified atom stereocenters. The van der Waals surface area contributed by atoms with Crippen molar-refractivity contribution in [3.8, 4) is 0 Å². The molecule has 2 N–H and O–H groups in total. The number of morpholine rings is 1. The molecular formula is C12H24N2O. The maximum absolute atomic E-state index is 5.43. The van der Waals surface area contributed by atoms with Crippen molar-refractivity contribution in [2.24, 2.45) is 5.41 Å². The molecule has 0 aromatic heterocycles. The zero-order chi connectivity index (χ0) is 10.6. The van der Waals surface area contributed by atoms with Gasteiger partial charge < -0.3 is 15.4 Å². The number of hydrogen-bond donors (Lipinski definition) is 2. The molecule has 1 aliphatic heterocycles. The molecule has 15 heavy (non-hydrogen) atoms. The molecule has 0 radical (unpaired) electrons. The maximum atomic E-state index is 5.43. The van der Waals surface area contributed by atoms with Crippen molar-refractivity contribution in [2.75, 3.05) is 32.8 Å². The van der Waals surface area contributed by atoms with Crippen molar-refractivity contribution in [3.05, 3.63) is 0 Å². The van der Waals surface area contributed by atoms with E-state index < -0.39 is 0 Å². The fraction of sp³-hybridized carbons (Fsp3) is 1.00. The van der Waals surface area contributed by atoms with Gasteiger partial charge in [0.05, 0.1) is 13.2 Å². The molecule has 88 valence electrons. The number of nitrogens with one attached hydrogen (secondary N) is 2. The Morgan fingerprint density at radius 3 is 2.87 bits per heavy atom. The van der Waals surface area contributed by atoms with Crippen molar-refractivity contribution in [3.63, 3.8) is 0 Å². The van der Waals surface area contributed by atoms with Gasteiger partial charge in [-0.15, -0.1) is 0 Å². The third-order valence-electron chi connectivity index (χ3n) is 3.75. The lowest BCUT2D eigenvalue weighted by molar-refractivity contribution is 0.0757.